The molecule has 3 nitrogen and oxygen atoms in total. The van der Waals surface area contributed by atoms with E-state index in [1.165, 1.54) is 0 Å². The van der Waals surface area contributed by atoms with E-state index in [-0.39, 0.29) is 11.5 Å². The molecule has 1 heterocycles. The van der Waals surface area contributed by atoms with E-state index in [9.17, 15) is 0 Å². The largest absolute Gasteiger partial charge is 0.180 e. The average Bonchev–Trinajstić information content (AvgIpc) is 2.56. The number of hydrogen-bond donors (Lipinski definition) is 0. The highest BCUT2D eigenvalue weighted by molar-refractivity contribution is 5.72. The SMILES string of the molecule is [CH2]C(C)(C)C(C(C)C)n1nc2ccccc2n1. The van der Waals surface area contributed by atoms with Crippen molar-refractivity contribution in [2.24, 2.45) is 11.3 Å². The fraction of sp³-hybridized carbons (Fsp3) is 0.500. The topological polar surface area (TPSA) is 30.7 Å². The van der Waals surface area contributed by atoms with Gasteiger partial charge in [0.2, 0.25) is 0 Å². The minimum Gasteiger partial charge on any atom is -0.180 e. The highest BCUT2D eigenvalue weighted by atomic mass is 15.5. The van der Waals surface area contributed by atoms with Crippen LogP contribution in [0.4, 0.5) is 0 Å². The van der Waals surface area contributed by atoms with Gasteiger partial charge in [-0.25, -0.2) is 0 Å². The van der Waals surface area contributed by atoms with Crippen LogP contribution < -0.4 is 0 Å². The fourth-order valence-electron chi connectivity index (χ4n) is 2.48. The second-order valence-electron chi connectivity index (χ2n) is 5.69. The van der Waals surface area contributed by atoms with Gasteiger partial charge in [0.1, 0.15) is 11.0 Å². The zero-order chi connectivity index (χ0) is 12.6. The standard InChI is InChI=1S/C14H20N3/c1-10(2)13(14(3,4)5)17-15-11-8-6-7-9-12(11)16-17/h6-10,13H,3H2,1-2,4-5H3. The van der Waals surface area contributed by atoms with E-state index >= 15 is 0 Å². The van der Waals surface area contributed by atoms with E-state index in [2.05, 4.69) is 44.8 Å². The molecule has 0 saturated heterocycles. The zero-order valence-corrected chi connectivity index (χ0v) is 11.0. The first-order valence-electron chi connectivity index (χ1n) is 6.06. The van der Waals surface area contributed by atoms with Crippen molar-refractivity contribution in [2.75, 3.05) is 0 Å². The molecule has 2 rings (SSSR count). The summed E-state index contributed by atoms with van der Waals surface area (Å²) in [4.78, 5) is 1.84. The van der Waals surface area contributed by atoms with Gasteiger partial charge in [0.25, 0.3) is 0 Å². The number of rotatable bonds is 3. The van der Waals surface area contributed by atoms with Crippen molar-refractivity contribution in [3.63, 3.8) is 0 Å². The van der Waals surface area contributed by atoms with E-state index in [1.54, 1.807) is 0 Å². The summed E-state index contributed by atoms with van der Waals surface area (Å²) in [5.74, 6) is 0.448. The number of benzene rings is 1. The monoisotopic (exact) mass is 230 g/mol. The van der Waals surface area contributed by atoms with Crippen molar-refractivity contribution in [3.05, 3.63) is 31.2 Å². The molecular weight excluding hydrogens is 210 g/mol. The molecule has 0 aliphatic rings. The predicted molar refractivity (Wildman–Crippen MR) is 70.5 cm³/mol. The summed E-state index contributed by atoms with van der Waals surface area (Å²) < 4.78 is 0. The fourth-order valence-corrected chi connectivity index (χ4v) is 2.48. The molecule has 17 heavy (non-hydrogen) atoms. The first kappa shape index (κ1) is 12.1. The van der Waals surface area contributed by atoms with E-state index in [0.29, 0.717) is 5.92 Å². The van der Waals surface area contributed by atoms with Crippen LogP contribution in [-0.4, -0.2) is 15.0 Å². The molecule has 0 saturated carbocycles. The first-order chi connectivity index (χ1) is 7.89. The molecule has 0 spiro atoms. The van der Waals surface area contributed by atoms with Crippen LogP contribution in [0.3, 0.4) is 0 Å². The Hall–Kier alpha value is -1.38. The van der Waals surface area contributed by atoms with Gasteiger partial charge in [-0.2, -0.15) is 15.0 Å². The van der Waals surface area contributed by atoms with Gasteiger partial charge in [-0.1, -0.05) is 39.8 Å². The Morgan fingerprint density at radius 3 is 1.94 bits per heavy atom. The summed E-state index contributed by atoms with van der Waals surface area (Å²) >= 11 is 0. The van der Waals surface area contributed by atoms with Crippen molar-refractivity contribution in [1.82, 2.24) is 15.0 Å². The molecule has 1 unspecified atom stereocenters. The Morgan fingerprint density at radius 2 is 1.59 bits per heavy atom. The summed E-state index contributed by atoms with van der Waals surface area (Å²) in [6, 6.07) is 8.16. The maximum atomic E-state index is 4.57. The van der Waals surface area contributed by atoms with E-state index in [0.717, 1.165) is 11.0 Å². The van der Waals surface area contributed by atoms with Crippen molar-refractivity contribution in [1.29, 1.82) is 0 Å². The van der Waals surface area contributed by atoms with Crippen LogP contribution in [0.25, 0.3) is 11.0 Å². The van der Waals surface area contributed by atoms with Crippen LogP contribution in [0, 0.1) is 18.3 Å². The van der Waals surface area contributed by atoms with Crippen molar-refractivity contribution >= 4 is 11.0 Å². The van der Waals surface area contributed by atoms with E-state index in [4.69, 9.17) is 0 Å². The molecule has 1 aromatic heterocycles. The Morgan fingerprint density at radius 1 is 1.12 bits per heavy atom. The summed E-state index contributed by atoms with van der Waals surface area (Å²) in [6.45, 7) is 12.9. The maximum Gasteiger partial charge on any atom is 0.113 e. The smallest absolute Gasteiger partial charge is 0.113 e. The Labute approximate surface area is 103 Å². The molecular formula is C14H20N3. The molecule has 1 atom stereocenters. The summed E-state index contributed by atoms with van der Waals surface area (Å²) in [7, 11) is 0. The lowest BCUT2D eigenvalue weighted by Gasteiger charge is -2.32. The lowest BCUT2D eigenvalue weighted by molar-refractivity contribution is 0.177. The van der Waals surface area contributed by atoms with E-state index < -0.39 is 0 Å². The average molecular weight is 230 g/mol. The molecule has 0 aliphatic carbocycles. The minimum atomic E-state index is -0.0940. The van der Waals surface area contributed by atoms with Gasteiger partial charge in [0.15, 0.2) is 0 Å². The molecule has 0 amide bonds. The molecule has 0 bridgehead atoms. The summed E-state index contributed by atoms with van der Waals surface area (Å²) in [5.41, 5.74) is 1.80. The van der Waals surface area contributed by atoms with Gasteiger partial charge < -0.3 is 0 Å². The summed E-state index contributed by atoms with van der Waals surface area (Å²) in [6.07, 6.45) is 0. The van der Waals surface area contributed by atoms with Crippen LogP contribution in [0.1, 0.15) is 33.7 Å². The Bertz CT molecular complexity index is 472. The Kier molecular flexibility index (Phi) is 2.94. The lowest BCUT2D eigenvalue weighted by Crippen LogP contribution is -2.30. The molecule has 0 N–H and O–H groups in total. The van der Waals surface area contributed by atoms with Crippen LogP contribution in [-0.2, 0) is 0 Å². The molecule has 91 valence electrons. The van der Waals surface area contributed by atoms with Gasteiger partial charge in [0.05, 0.1) is 6.04 Å². The van der Waals surface area contributed by atoms with Crippen LogP contribution >= 0.6 is 0 Å². The highest BCUT2D eigenvalue weighted by Gasteiger charge is 2.31. The molecule has 0 fully saturated rings. The molecule has 3 heteroatoms. The minimum absolute atomic E-state index is 0.0940. The van der Waals surface area contributed by atoms with Crippen molar-refractivity contribution in [3.8, 4) is 0 Å². The molecule has 1 radical (unpaired) electrons. The Balaban J connectivity index is 2.49. The lowest BCUT2D eigenvalue weighted by atomic mass is 9.81. The first-order valence-corrected chi connectivity index (χ1v) is 6.06. The third-order valence-electron chi connectivity index (χ3n) is 2.98. The second-order valence-corrected chi connectivity index (χ2v) is 5.69. The van der Waals surface area contributed by atoms with Gasteiger partial charge in [-0.3, -0.25) is 0 Å². The second kappa shape index (κ2) is 4.13. The quantitative estimate of drug-likeness (QED) is 0.808. The van der Waals surface area contributed by atoms with E-state index in [1.807, 2.05) is 29.1 Å². The third-order valence-corrected chi connectivity index (χ3v) is 2.98. The summed E-state index contributed by atoms with van der Waals surface area (Å²) in [5, 5.41) is 9.13. The third kappa shape index (κ3) is 2.33. The molecule has 1 aromatic carbocycles. The number of hydrogen-bond acceptors (Lipinski definition) is 2. The highest BCUT2D eigenvalue weighted by Crippen LogP contribution is 2.35. The van der Waals surface area contributed by atoms with Gasteiger partial charge in [-0.15, -0.1) is 0 Å². The van der Waals surface area contributed by atoms with Crippen LogP contribution in [0.2, 0.25) is 0 Å². The van der Waals surface area contributed by atoms with Crippen LogP contribution in [0.15, 0.2) is 24.3 Å². The van der Waals surface area contributed by atoms with Gasteiger partial charge >= 0.3 is 0 Å². The predicted octanol–water partition coefficient (Wildman–Crippen LogP) is 3.49. The van der Waals surface area contributed by atoms with Crippen LogP contribution in [0.5, 0.6) is 0 Å². The zero-order valence-electron chi connectivity index (χ0n) is 11.0. The van der Waals surface area contributed by atoms with Crippen molar-refractivity contribution < 1.29 is 0 Å². The molecule has 2 aromatic rings. The number of aromatic nitrogens is 3. The maximum absolute atomic E-state index is 4.57. The van der Waals surface area contributed by atoms with Gasteiger partial charge in [-0.05, 0) is 30.4 Å². The molecule has 0 aliphatic heterocycles. The van der Waals surface area contributed by atoms with Crippen molar-refractivity contribution in [2.45, 2.75) is 33.7 Å². The number of nitrogens with zero attached hydrogens (tertiary/aromatic N) is 3. The number of fused-ring (bicyclic) bond motifs is 1. The normalized spacial score (nSPS) is 14.5. The van der Waals surface area contributed by atoms with Gasteiger partial charge in [0, 0.05) is 0 Å².